The molecule has 2 aromatic rings. The van der Waals surface area contributed by atoms with Crippen molar-refractivity contribution in [2.24, 2.45) is 5.73 Å². The van der Waals surface area contributed by atoms with Crippen LogP contribution in [-0.2, 0) is 0 Å². The summed E-state index contributed by atoms with van der Waals surface area (Å²) < 4.78 is 27.0. The van der Waals surface area contributed by atoms with Crippen molar-refractivity contribution in [3.8, 4) is 22.9 Å². The standard InChI is InChI=1S/C13H8F2N2OS/c1-3-7-4-8(10(15)5-9(7)14)13-17-11(12(16)18)6(2)19-13/h1,4-5H,2H3,(H2,16,18). The van der Waals surface area contributed by atoms with Crippen LogP contribution >= 0.6 is 11.3 Å². The summed E-state index contributed by atoms with van der Waals surface area (Å²) in [6.45, 7) is 1.64. The van der Waals surface area contributed by atoms with Gasteiger partial charge in [-0.1, -0.05) is 5.92 Å². The molecule has 0 bridgehead atoms. The average molecular weight is 278 g/mol. The van der Waals surface area contributed by atoms with Gasteiger partial charge < -0.3 is 5.73 Å². The number of terminal acetylenes is 1. The quantitative estimate of drug-likeness (QED) is 0.858. The average Bonchev–Trinajstić information content (AvgIpc) is 2.71. The van der Waals surface area contributed by atoms with Crippen LogP contribution in [0.2, 0.25) is 0 Å². The van der Waals surface area contributed by atoms with Crippen molar-refractivity contribution >= 4 is 17.2 Å². The minimum absolute atomic E-state index is 0.0509. The predicted molar refractivity (Wildman–Crippen MR) is 68.7 cm³/mol. The summed E-state index contributed by atoms with van der Waals surface area (Å²) in [7, 11) is 0. The Morgan fingerprint density at radius 2 is 2.11 bits per heavy atom. The van der Waals surface area contributed by atoms with Gasteiger partial charge in [0.2, 0.25) is 0 Å². The predicted octanol–water partition coefficient (Wildman–Crippen LogP) is 2.48. The molecule has 0 saturated heterocycles. The third-order valence-electron chi connectivity index (χ3n) is 2.47. The fourth-order valence-corrected chi connectivity index (χ4v) is 2.50. The van der Waals surface area contributed by atoms with E-state index in [9.17, 15) is 13.6 Å². The van der Waals surface area contributed by atoms with Gasteiger partial charge in [-0.05, 0) is 13.0 Å². The first-order valence-corrected chi connectivity index (χ1v) is 5.99. The fraction of sp³-hybridized carbons (Fsp3) is 0.0769. The Labute approximate surface area is 112 Å². The molecule has 1 aromatic carbocycles. The Morgan fingerprint density at radius 1 is 1.42 bits per heavy atom. The molecule has 1 heterocycles. The molecule has 2 rings (SSSR count). The first-order chi connectivity index (χ1) is 8.93. The number of hydrogen-bond acceptors (Lipinski definition) is 3. The Bertz CT molecular complexity index is 716. The molecule has 3 nitrogen and oxygen atoms in total. The summed E-state index contributed by atoms with van der Waals surface area (Å²) >= 11 is 1.09. The largest absolute Gasteiger partial charge is 0.364 e. The number of hydrogen-bond donors (Lipinski definition) is 1. The second-order valence-corrected chi connectivity index (χ2v) is 4.95. The Hall–Kier alpha value is -2.26. The summed E-state index contributed by atoms with van der Waals surface area (Å²) in [4.78, 5) is 15.6. The number of nitrogens with two attached hydrogens (primary N) is 1. The van der Waals surface area contributed by atoms with E-state index in [1.165, 1.54) is 6.07 Å². The van der Waals surface area contributed by atoms with E-state index in [0.717, 1.165) is 11.3 Å². The number of carbonyl (C=O) groups excluding carboxylic acids is 1. The van der Waals surface area contributed by atoms with Crippen molar-refractivity contribution in [2.75, 3.05) is 0 Å². The molecule has 0 aliphatic rings. The third-order valence-corrected chi connectivity index (χ3v) is 3.48. The van der Waals surface area contributed by atoms with Crippen LogP contribution in [0.25, 0.3) is 10.6 Å². The van der Waals surface area contributed by atoms with E-state index < -0.39 is 17.5 Å². The van der Waals surface area contributed by atoms with Crippen LogP contribution in [-0.4, -0.2) is 10.9 Å². The molecule has 6 heteroatoms. The highest BCUT2D eigenvalue weighted by atomic mass is 32.1. The Balaban J connectivity index is 2.63. The molecule has 0 aliphatic heterocycles. The van der Waals surface area contributed by atoms with E-state index in [0.29, 0.717) is 10.9 Å². The van der Waals surface area contributed by atoms with Crippen molar-refractivity contribution in [3.63, 3.8) is 0 Å². The minimum atomic E-state index is -0.813. The van der Waals surface area contributed by atoms with E-state index in [1.807, 2.05) is 0 Å². The molecule has 1 aromatic heterocycles. The van der Waals surface area contributed by atoms with Gasteiger partial charge in [0, 0.05) is 16.5 Å². The summed E-state index contributed by atoms with van der Waals surface area (Å²) in [5.74, 6) is -0.178. The Morgan fingerprint density at radius 3 is 2.63 bits per heavy atom. The molecule has 0 unspecified atom stereocenters. The molecule has 0 atom stereocenters. The molecule has 2 N–H and O–H groups in total. The molecule has 0 radical (unpaired) electrons. The lowest BCUT2D eigenvalue weighted by molar-refractivity contribution is 0.0995. The van der Waals surface area contributed by atoms with Crippen LogP contribution in [0.4, 0.5) is 8.78 Å². The van der Waals surface area contributed by atoms with Gasteiger partial charge in [0.25, 0.3) is 5.91 Å². The van der Waals surface area contributed by atoms with Gasteiger partial charge in [-0.15, -0.1) is 17.8 Å². The molecule has 0 aliphatic carbocycles. The summed E-state index contributed by atoms with van der Waals surface area (Å²) in [5, 5.41) is 0.236. The monoisotopic (exact) mass is 278 g/mol. The highest BCUT2D eigenvalue weighted by molar-refractivity contribution is 7.15. The number of thiazole rings is 1. The van der Waals surface area contributed by atoms with Gasteiger partial charge in [0.05, 0.1) is 5.56 Å². The van der Waals surface area contributed by atoms with Gasteiger partial charge in [-0.2, -0.15) is 0 Å². The number of nitrogens with zero attached hydrogens (tertiary/aromatic N) is 1. The normalized spacial score (nSPS) is 10.2. The van der Waals surface area contributed by atoms with Crippen molar-refractivity contribution in [2.45, 2.75) is 6.92 Å². The molecule has 19 heavy (non-hydrogen) atoms. The van der Waals surface area contributed by atoms with Gasteiger partial charge in [-0.3, -0.25) is 4.79 Å². The van der Waals surface area contributed by atoms with Crippen LogP contribution < -0.4 is 5.73 Å². The molecule has 0 spiro atoms. The van der Waals surface area contributed by atoms with Crippen LogP contribution in [0.5, 0.6) is 0 Å². The van der Waals surface area contributed by atoms with E-state index >= 15 is 0 Å². The first kappa shape index (κ1) is 13.2. The maximum absolute atomic E-state index is 13.7. The molecule has 0 fully saturated rings. The lowest BCUT2D eigenvalue weighted by Gasteiger charge is -2.01. The SMILES string of the molecule is C#Cc1cc(-c2nc(C(N)=O)c(C)s2)c(F)cc1F. The zero-order chi connectivity index (χ0) is 14.2. The molecular weight excluding hydrogens is 270 g/mol. The molecule has 0 saturated carbocycles. The molecular formula is C13H8F2N2OS. The summed E-state index contributed by atoms with van der Waals surface area (Å²) in [6.07, 6.45) is 5.13. The van der Waals surface area contributed by atoms with Crippen LogP contribution in [0.3, 0.4) is 0 Å². The maximum Gasteiger partial charge on any atom is 0.268 e. The van der Waals surface area contributed by atoms with Crippen LogP contribution in [0.1, 0.15) is 20.9 Å². The summed E-state index contributed by atoms with van der Waals surface area (Å²) in [6, 6.07) is 1.89. The lowest BCUT2D eigenvalue weighted by atomic mass is 10.1. The van der Waals surface area contributed by atoms with Gasteiger partial charge in [-0.25, -0.2) is 13.8 Å². The second kappa shape index (κ2) is 4.78. The van der Waals surface area contributed by atoms with E-state index in [-0.39, 0.29) is 21.8 Å². The van der Waals surface area contributed by atoms with Crippen molar-refractivity contribution < 1.29 is 13.6 Å². The number of benzene rings is 1. The highest BCUT2D eigenvalue weighted by Gasteiger charge is 2.17. The zero-order valence-electron chi connectivity index (χ0n) is 9.83. The minimum Gasteiger partial charge on any atom is -0.364 e. The van der Waals surface area contributed by atoms with Crippen LogP contribution in [0, 0.1) is 30.9 Å². The Kier molecular flexibility index (Phi) is 3.32. The highest BCUT2D eigenvalue weighted by Crippen LogP contribution is 2.30. The van der Waals surface area contributed by atoms with Crippen molar-refractivity contribution in [1.82, 2.24) is 4.98 Å². The fourth-order valence-electron chi connectivity index (χ4n) is 1.56. The molecule has 1 amide bonds. The van der Waals surface area contributed by atoms with Crippen molar-refractivity contribution in [1.29, 1.82) is 0 Å². The van der Waals surface area contributed by atoms with E-state index in [1.54, 1.807) is 6.92 Å². The third kappa shape index (κ3) is 2.33. The number of rotatable bonds is 2. The molecule has 96 valence electrons. The number of amides is 1. The maximum atomic E-state index is 13.7. The van der Waals surface area contributed by atoms with E-state index in [4.69, 9.17) is 12.2 Å². The smallest absolute Gasteiger partial charge is 0.268 e. The number of aryl methyl sites for hydroxylation is 1. The summed E-state index contributed by atoms with van der Waals surface area (Å²) in [5.41, 5.74) is 5.20. The van der Waals surface area contributed by atoms with Gasteiger partial charge >= 0.3 is 0 Å². The number of aromatic nitrogens is 1. The second-order valence-electron chi connectivity index (χ2n) is 3.74. The lowest BCUT2D eigenvalue weighted by Crippen LogP contribution is -2.12. The number of carbonyl (C=O) groups is 1. The number of primary amides is 1. The zero-order valence-corrected chi connectivity index (χ0v) is 10.6. The topological polar surface area (TPSA) is 56.0 Å². The first-order valence-electron chi connectivity index (χ1n) is 5.17. The van der Waals surface area contributed by atoms with Gasteiger partial charge in [0.1, 0.15) is 22.3 Å². The van der Waals surface area contributed by atoms with Crippen LogP contribution in [0.15, 0.2) is 12.1 Å². The number of halogens is 2. The van der Waals surface area contributed by atoms with Gasteiger partial charge in [0.15, 0.2) is 0 Å². The van der Waals surface area contributed by atoms with E-state index in [2.05, 4.69) is 10.9 Å². The van der Waals surface area contributed by atoms with Crippen molar-refractivity contribution in [3.05, 3.63) is 39.9 Å².